The van der Waals surface area contributed by atoms with Crippen LogP contribution in [0.1, 0.15) is 25.3 Å². The number of hydrogen-bond acceptors (Lipinski definition) is 6. The average molecular weight is 543 g/mol. The molecule has 2 aromatic heterocycles. The van der Waals surface area contributed by atoms with Crippen LogP contribution in [0.5, 0.6) is 0 Å². The molecule has 2 atom stereocenters. The minimum atomic E-state index is -0.738. The highest BCUT2D eigenvalue weighted by Gasteiger charge is 2.39. The van der Waals surface area contributed by atoms with E-state index in [1.807, 2.05) is 37.3 Å². The molecule has 2 N–H and O–H groups in total. The van der Waals surface area contributed by atoms with E-state index in [9.17, 15) is 9.59 Å². The molecule has 11 heteroatoms. The van der Waals surface area contributed by atoms with Gasteiger partial charge in [-0.3, -0.25) is 14.7 Å². The zero-order valence-electron chi connectivity index (χ0n) is 21.3. The van der Waals surface area contributed by atoms with Crippen molar-refractivity contribution in [3.8, 4) is 5.69 Å². The number of hydrogen-bond donors (Lipinski definition) is 2. The van der Waals surface area contributed by atoms with Gasteiger partial charge in [0, 0.05) is 40.2 Å². The van der Waals surface area contributed by atoms with E-state index < -0.39 is 6.04 Å². The van der Waals surface area contributed by atoms with Gasteiger partial charge in [-0.2, -0.15) is 9.78 Å². The van der Waals surface area contributed by atoms with Crippen molar-refractivity contribution in [2.45, 2.75) is 25.8 Å². The molecule has 0 radical (unpaired) electrons. The van der Waals surface area contributed by atoms with Crippen LogP contribution >= 0.6 is 11.6 Å². The highest BCUT2D eigenvalue weighted by Crippen LogP contribution is 2.32. The second kappa shape index (κ2) is 11.4. The highest BCUT2D eigenvalue weighted by molar-refractivity contribution is 6.30. The summed E-state index contributed by atoms with van der Waals surface area (Å²) >= 11 is 6.23. The van der Waals surface area contributed by atoms with Crippen LogP contribution in [0.15, 0.2) is 79.3 Å². The van der Waals surface area contributed by atoms with Crippen LogP contribution in [0.2, 0.25) is 5.02 Å². The minimum absolute atomic E-state index is 0.229. The van der Waals surface area contributed by atoms with Crippen LogP contribution in [0.4, 0.5) is 5.69 Å². The zero-order chi connectivity index (χ0) is 27.4. The third kappa shape index (κ3) is 5.65. The number of carbonyl (C=O) groups is 2. The van der Waals surface area contributed by atoms with Gasteiger partial charge in [-0.1, -0.05) is 30.3 Å². The van der Waals surface area contributed by atoms with Crippen molar-refractivity contribution >= 4 is 46.1 Å². The maximum atomic E-state index is 13.7. The lowest BCUT2D eigenvalue weighted by Gasteiger charge is -2.40. The third-order valence-corrected chi connectivity index (χ3v) is 6.97. The van der Waals surface area contributed by atoms with E-state index in [0.717, 1.165) is 29.3 Å². The molecule has 1 saturated heterocycles. The summed E-state index contributed by atoms with van der Waals surface area (Å²) in [7, 11) is 0. The van der Waals surface area contributed by atoms with Crippen molar-refractivity contribution in [3.05, 3.63) is 89.9 Å². The van der Waals surface area contributed by atoms with Crippen LogP contribution in [0, 0.1) is 5.92 Å². The number of aromatic nitrogens is 6. The molecule has 0 bridgehead atoms. The zero-order valence-corrected chi connectivity index (χ0v) is 22.0. The summed E-state index contributed by atoms with van der Waals surface area (Å²) in [5, 5.41) is 22.6. The van der Waals surface area contributed by atoms with E-state index >= 15 is 0 Å². The Bertz CT molecular complexity index is 1570. The number of anilines is 1. The molecule has 0 saturated carbocycles. The van der Waals surface area contributed by atoms with Crippen LogP contribution in [-0.2, 0) is 9.59 Å². The number of allylic oxidation sites excluding steroid dienone is 2. The number of amides is 2. The summed E-state index contributed by atoms with van der Waals surface area (Å²) < 4.78 is 1.49. The first kappa shape index (κ1) is 26.1. The Hall–Kier alpha value is -4.57. The molecule has 1 aliphatic rings. The van der Waals surface area contributed by atoms with Crippen molar-refractivity contribution < 1.29 is 9.59 Å². The molecule has 3 heterocycles. The molecule has 0 aliphatic carbocycles. The first-order chi connectivity index (χ1) is 18.9. The van der Waals surface area contributed by atoms with Gasteiger partial charge in [-0.15, -0.1) is 5.10 Å². The molecule has 39 heavy (non-hydrogen) atoms. The highest BCUT2D eigenvalue weighted by atomic mass is 35.5. The summed E-state index contributed by atoms with van der Waals surface area (Å²) in [4.78, 5) is 29.0. The van der Waals surface area contributed by atoms with Gasteiger partial charge in [0.1, 0.15) is 12.4 Å². The fourth-order valence-electron chi connectivity index (χ4n) is 4.93. The van der Waals surface area contributed by atoms with E-state index in [1.165, 1.54) is 17.1 Å². The average Bonchev–Trinajstić information content (AvgIpc) is 3.64. The number of nitrogens with zero attached hydrogens (tertiary/aromatic N) is 6. The van der Waals surface area contributed by atoms with Gasteiger partial charge in [0.05, 0.1) is 17.4 Å². The van der Waals surface area contributed by atoms with Crippen molar-refractivity contribution in [1.82, 2.24) is 35.3 Å². The quantitative estimate of drug-likeness (QED) is 0.260. The van der Waals surface area contributed by atoms with Gasteiger partial charge in [0.15, 0.2) is 0 Å². The number of piperidine rings is 1. The van der Waals surface area contributed by atoms with Gasteiger partial charge >= 0.3 is 0 Å². The Morgan fingerprint density at radius 1 is 1.21 bits per heavy atom. The maximum absolute atomic E-state index is 13.7. The molecule has 198 valence electrons. The summed E-state index contributed by atoms with van der Waals surface area (Å²) in [6, 6.07) is 10.00. The largest absolute Gasteiger partial charge is 0.326 e. The SMILES string of the molecule is C=C(/C=C\C)C1CCCN(C(=O)/C=C/c2cc(Cl)ccc2-n2cnnn2)C1C(=O)Nc1ccc2[nH]ncc2c1. The maximum Gasteiger partial charge on any atom is 0.247 e. The normalized spacial score (nSPS) is 17.7. The molecule has 4 aromatic rings. The van der Waals surface area contributed by atoms with Crippen LogP contribution < -0.4 is 5.32 Å². The lowest BCUT2D eigenvalue weighted by molar-refractivity contribution is -0.138. The number of carbonyl (C=O) groups excluding carboxylic acids is 2. The Labute approximate surface area is 230 Å². The fraction of sp³-hybridized carbons (Fsp3) is 0.214. The number of nitrogens with one attached hydrogen (secondary N) is 2. The Kier molecular flexibility index (Phi) is 7.64. The summed E-state index contributed by atoms with van der Waals surface area (Å²) in [6.07, 6.45) is 11.6. The Morgan fingerprint density at radius 2 is 2.08 bits per heavy atom. The predicted molar refractivity (Wildman–Crippen MR) is 150 cm³/mol. The predicted octanol–water partition coefficient (Wildman–Crippen LogP) is 4.58. The Morgan fingerprint density at radius 3 is 2.87 bits per heavy atom. The lowest BCUT2D eigenvalue weighted by atomic mass is 9.82. The van der Waals surface area contributed by atoms with Gasteiger partial charge in [-0.25, -0.2) is 0 Å². The number of rotatable bonds is 7. The van der Waals surface area contributed by atoms with E-state index in [0.29, 0.717) is 28.5 Å². The van der Waals surface area contributed by atoms with Gasteiger partial charge < -0.3 is 10.2 Å². The smallest absolute Gasteiger partial charge is 0.247 e. The number of aromatic amines is 1. The third-order valence-electron chi connectivity index (χ3n) is 6.74. The molecule has 2 amide bonds. The molecule has 10 nitrogen and oxygen atoms in total. The number of likely N-dealkylation sites (tertiary alicyclic amines) is 1. The number of benzene rings is 2. The molecular formula is C28H27ClN8O2. The van der Waals surface area contributed by atoms with Gasteiger partial charge in [0.2, 0.25) is 11.8 Å². The summed E-state index contributed by atoms with van der Waals surface area (Å²) in [6.45, 7) is 6.55. The number of fused-ring (bicyclic) bond motifs is 1. The summed E-state index contributed by atoms with van der Waals surface area (Å²) in [5.74, 6) is -0.791. The van der Waals surface area contributed by atoms with Crippen molar-refractivity contribution in [3.63, 3.8) is 0 Å². The molecule has 5 rings (SSSR count). The van der Waals surface area contributed by atoms with Crippen LogP contribution in [0.3, 0.4) is 0 Å². The topological polar surface area (TPSA) is 122 Å². The van der Waals surface area contributed by atoms with E-state index in [2.05, 4.69) is 37.6 Å². The first-order valence-corrected chi connectivity index (χ1v) is 12.9. The number of halogens is 1. The molecule has 2 unspecified atom stereocenters. The monoisotopic (exact) mass is 542 g/mol. The van der Waals surface area contributed by atoms with Crippen LogP contribution in [0.25, 0.3) is 22.7 Å². The number of H-pyrrole nitrogens is 1. The summed E-state index contributed by atoms with van der Waals surface area (Å²) in [5.41, 5.74) is 3.62. The lowest BCUT2D eigenvalue weighted by Crippen LogP contribution is -2.54. The van der Waals surface area contributed by atoms with E-state index in [4.69, 9.17) is 11.6 Å². The Balaban J connectivity index is 1.44. The molecular weight excluding hydrogens is 516 g/mol. The van der Waals surface area contributed by atoms with Gasteiger partial charge in [0.25, 0.3) is 0 Å². The second-order valence-electron chi connectivity index (χ2n) is 9.25. The molecule has 1 fully saturated rings. The molecule has 2 aromatic carbocycles. The van der Waals surface area contributed by atoms with Crippen molar-refractivity contribution in [2.24, 2.45) is 5.92 Å². The van der Waals surface area contributed by atoms with Crippen LogP contribution in [-0.4, -0.2) is 59.7 Å². The van der Waals surface area contributed by atoms with Crippen molar-refractivity contribution in [1.29, 1.82) is 0 Å². The minimum Gasteiger partial charge on any atom is -0.326 e. The molecule has 1 aliphatic heterocycles. The molecule has 0 spiro atoms. The van der Waals surface area contributed by atoms with E-state index in [-0.39, 0.29) is 17.7 Å². The number of tetrazole rings is 1. The van der Waals surface area contributed by atoms with E-state index in [1.54, 1.807) is 35.4 Å². The van der Waals surface area contributed by atoms with Gasteiger partial charge in [-0.05, 0) is 78.2 Å². The fourth-order valence-corrected chi connectivity index (χ4v) is 5.11. The first-order valence-electron chi connectivity index (χ1n) is 12.5. The second-order valence-corrected chi connectivity index (χ2v) is 9.69. The van der Waals surface area contributed by atoms with Crippen molar-refractivity contribution in [2.75, 3.05) is 11.9 Å². The standard InChI is InChI=1S/C28H27ClN8O2/c1-3-5-18(2)23-6-4-13-36(27(23)28(39)32-22-9-10-24-20(15-22)16-30-33-24)26(38)12-7-19-14-21(29)8-11-25(19)37-17-31-34-35-37/h3,5,7-12,14-17,23,27H,2,4,6,13H2,1H3,(H,30,33)(H,32,39)/b5-3-,12-7+.